The Bertz CT molecular complexity index is 315. The maximum atomic E-state index is 6.03. The Balaban J connectivity index is 2.32. The van der Waals surface area contributed by atoms with Gasteiger partial charge in [0.1, 0.15) is 0 Å². The summed E-state index contributed by atoms with van der Waals surface area (Å²) in [6, 6.07) is 0.349. The quantitative estimate of drug-likeness (QED) is 0.837. The molecule has 1 aromatic rings. The van der Waals surface area contributed by atoms with Crippen molar-refractivity contribution in [3.05, 3.63) is 16.4 Å². The highest BCUT2D eigenvalue weighted by atomic mass is 79.9. The van der Waals surface area contributed by atoms with E-state index in [0.717, 1.165) is 10.9 Å². The molecular weight excluding hydrogens is 242 g/mol. The van der Waals surface area contributed by atoms with Crippen LogP contribution in [0.1, 0.15) is 31.4 Å². The van der Waals surface area contributed by atoms with Crippen LogP contribution in [0.2, 0.25) is 0 Å². The number of rotatable bonds is 1. The van der Waals surface area contributed by atoms with E-state index in [0.29, 0.717) is 17.9 Å². The average molecular weight is 258 g/mol. The van der Waals surface area contributed by atoms with E-state index in [1.54, 1.807) is 0 Å². The summed E-state index contributed by atoms with van der Waals surface area (Å²) >= 11 is 3.55. The third-order valence-corrected chi connectivity index (χ3v) is 4.02. The highest BCUT2D eigenvalue weighted by Crippen LogP contribution is 2.40. The highest BCUT2D eigenvalue weighted by Gasteiger charge is 2.34. The fourth-order valence-corrected chi connectivity index (χ4v) is 3.06. The maximum absolute atomic E-state index is 6.03. The minimum Gasteiger partial charge on any atom is -0.327 e. The van der Waals surface area contributed by atoms with Gasteiger partial charge in [0.15, 0.2) is 0 Å². The van der Waals surface area contributed by atoms with Crippen LogP contribution in [0.5, 0.6) is 0 Å². The van der Waals surface area contributed by atoms with Gasteiger partial charge in [0.05, 0.1) is 16.4 Å². The molecule has 2 rings (SSSR count). The summed E-state index contributed by atoms with van der Waals surface area (Å²) < 4.78 is 3.08. The van der Waals surface area contributed by atoms with Gasteiger partial charge in [0.2, 0.25) is 0 Å². The van der Waals surface area contributed by atoms with Crippen LogP contribution in [0.25, 0.3) is 0 Å². The van der Waals surface area contributed by atoms with Crippen LogP contribution in [0, 0.1) is 5.92 Å². The van der Waals surface area contributed by atoms with Gasteiger partial charge in [-0.05, 0) is 34.7 Å². The molecule has 2 N–H and O–H groups in total. The van der Waals surface area contributed by atoms with E-state index >= 15 is 0 Å². The van der Waals surface area contributed by atoms with Gasteiger partial charge in [-0.15, -0.1) is 0 Å². The van der Waals surface area contributed by atoms with E-state index in [4.69, 9.17) is 5.73 Å². The van der Waals surface area contributed by atoms with Crippen molar-refractivity contribution in [2.45, 2.75) is 31.7 Å². The van der Waals surface area contributed by atoms with Gasteiger partial charge in [0.25, 0.3) is 0 Å². The summed E-state index contributed by atoms with van der Waals surface area (Å²) in [6.07, 6.45) is 4.18. The molecule has 1 fully saturated rings. The van der Waals surface area contributed by atoms with Gasteiger partial charge < -0.3 is 5.73 Å². The van der Waals surface area contributed by atoms with Crippen molar-refractivity contribution in [1.29, 1.82) is 0 Å². The second kappa shape index (κ2) is 3.66. The molecule has 0 spiro atoms. The fourth-order valence-electron chi connectivity index (χ4n) is 2.42. The van der Waals surface area contributed by atoms with Crippen molar-refractivity contribution in [3.8, 4) is 0 Å². The first-order chi connectivity index (χ1) is 6.61. The van der Waals surface area contributed by atoms with Crippen LogP contribution in [0.3, 0.4) is 0 Å². The number of nitrogens with two attached hydrogens (primary N) is 1. The molecule has 4 heteroatoms. The van der Waals surface area contributed by atoms with Gasteiger partial charge >= 0.3 is 0 Å². The molecule has 1 heterocycles. The van der Waals surface area contributed by atoms with E-state index in [1.165, 1.54) is 12.1 Å². The summed E-state index contributed by atoms with van der Waals surface area (Å²) in [6.45, 7) is 2.24. The second-order valence-electron chi connectivity index (χ2n) is 4.21. The summed E-state index contributed by atoms with van der Waals surface area (Å²) in [5, 5.41) is 4.25. The van der Waals surface area contributed by atoms with E-state index in [1.807, 2.05) is 17.9 Å². The van der Waals surface area contributed by atoms with Gasteiger partial charge in [-0.2, -0.15) is 5.10 Å². The predicted molar refractivity (Wildman–Crippen MR) is 60.0 cm³/mol. The van der Waals surface area contributed by atoms with Gasteiger partial charge in [0, 0.05) is 19.0 Å². The van der Waals surface area contributed by atoms with Crippen molar-refractivity contribution >= 4 is 15.9 Å². The fraction of sp³-hybridized carbons (Fsp3) is 0.700. The third-order valence-electron chi connectivity index (χ3n) is 3.41. The molecular formula is C10H16BrN3. The lowest BCUT2D eigenvalue weighted by molar-refractivity contribution is 0.457. The number of hydrogen-bond donors (Lipinski definition) is 1. The molecule has 0 bridgehead atoms. The number of nitrogens with zero attached hydrogens (tertiary/aromatic N) is 2. The molecule has 78 valence electrons. The summed E-state index contributed by atoms with van der Waals surface area (Å²) in [7, 11) is 2.00. The van der Waals surface area contributed by atoms with Crippen LogP contribution in [0.15, 0.2) is 10.7 Å². The maximum Gasteiger partial charge on any atom is 0.0635 e. The minimum absolute atomic E-state index is 0.349. The highest BCUT2D eigenvalue weighted by molar-refractivity contribution is 9.10. The first-order valence-corrected chi connectivity index (χ1v) is 5.83. The molecule has 3 nitrogen and oxygen atoms in total. The zero-order chi connectivity index (χ0) is 10.3. The number of halogens is 1. The number of hydrogen-bond acceptors (Lipinski definition) is 2. The smallest absolute Gasteiger partial charge is 0.0635 e. The van der Waals surface area contributed by atoms with E-state index < -0.39 is 0 Å². The first kappa shape index (κ1) is 10.2. The topological polar surface area (TPSA) is 43.8 Å². The van der Waals surface area contributed by atoms with Crippen LogP contribution < -0.4 is 5.73 Å². The van der Waals surface area contributed by atoms with E-state index in [-0.39, 0.29) is 0 Å². The summed E-state index contributed by atoms with van der Waals surface area (Å²) in [5.74, 6) is 1.12. The number of aryl methyl sites for hydroxylation is 1. The molecule has 0 aliphatic heterocycles. The lowest BCUT2D eigenvalue weighted by atomic mass is 9.93. The second-order valence-corrected chi connectivity index (χ2v) is 5.06. The summed E-state index contributed by atoms with van der Waals surface area (Å²) in [5.41, 5.74) is 7.33. The Labute approximate surface area is 92.8 Å². The Morgan fingerprint density at radius 2 is 2.29 bits per heavy atom. The van der Waals surface area contributed by atoms with Crippen LogP contribution in [0.4, 0.5) is 0 Å². The molecule has 3 unspecified atom stereocenters. The molecule has 0 saturated heterocycles. The monoisotopic (exact) mass is 257 g/mol. The molecule has 0 aromatic carbocycles. The zero-order valence-electron chi connectivity index (χ0n) is 8.57. The lowest BCUT2D eigenvalue weighted by Crippen LogP contribution is -2.25. The SMILES string of the molecule is CC1C(N)CCC1c1c(Br)cnn1C. The number of aromatic nitrogens is 2. The van der Waals surface area contributed by atoms with Crippen molar-refractivity contribution in [2.75, 3.05) is 0 Å². The van der Waals surface area contributed by atoms with Gasteiger partial charge in [-0.25, -0.2) is 0 Å². The standard InChI is InChI=1S/C10H16BrN3/c1-6-7(3-4-9(6)12)10-8(11)5-13-14(10)2/h5-7,9H,3-4,12H2,1-2H3. The molecule has 1 aliphatic rings. The lowest BCUT2D eigenvalue weighted by Gasteiger charge is -2.18. The molecule has 0 radical (unpaired) electrons. The Morgan fingerprint density at radius 1 is 1.57 bits per heavy atom. The molecule has 1 saturated carbocycles. The van der Waals surface area contributed by atoms with Crippen LogP contribution in [-0.4, -0.2) is 15.8 Å². The Kier molecular flexibility index (Phi) is 2.66. The largest absolute Gasteiger partial charge is 0.327 e. The van der Waals surface area contributed by atoms with Gasteiger partial charge in [-0.3, -0.25) is 4.68 Å². The normalized spacial score (nSPS) is 32.4. The molecule has 1 aliphatic carbocycles. The first-order valence-electron chi connectivity index (χ1n) is 5.04. The van der Waals surface area contributed by atoms with E-state index in [9.17, 15) is 0 Å². The van der Waals surface area contributed by atoms with E-state index in [2.05, 4.69) is 28.0 Å². The average Bonchev–Trinajstić information content (AvgIpc) is 2.62. The van der Waals surface area contributed by atoms with Crippen molar-refractivity contribution in [1.82, 2.24) is 9.78 Å². The van der Waals surface area contributed by atoms with Crippen molar-refractivity contribution < 1.29 is 0 Å². The molecule has 3 atom stereocenters. The van der Waals surface area contributed by atoms with Crippen molar-refractivity contribution in [2.24, 2.45) is 18.7 Å². The summed E-state index contributed by atoms with van der Waals surface area (Å²) in [4.78, 5) is 0. The molecule has 14 heavy (non-hydrogen) atoms. The minimum atomic E-state index is 0.349. The zero-order valence-corrected chi connectivity index (χ0v) is 10.2. The van der Waals surface area contributed by atoms with Crippen LogP contribution in [-0.2, 0) is 7.05 Å². The molecule has 1 aromatic heterocycles. The van der Waals surface area contributed by atoms with Crippen LogP contribution >= 0.6 is 15.9 Å². The van der Waals surface area contributed by atoms with Crippen molar-refractivity contribution in [3.63, 3.8) is 0 Å². The molecule has 0 amide bonds. The van der Waals surface area contributed by atoms with Gasteiger partial charge in [-0.1, -0.05) is 6.92 Å². The Morgan fingerprint density at radius 3 is 2.71 bits per heavy atom. The Hall–Kier alpha value is -0.350. The predicted octanol–water partition coefficient (Wildman–Crippen LogP) is 2.02. The third kappa shape index (κ3) is 1.50.